The molecule has 23 heavy (non-hydrogen) atoms. The maximum atomic E-state index is 12.1. The first-order valence-electron chi connectivity index (χ1n) is 7.80. The number of carbonyl (C=O) groups is 1. The molecule has 0 saturated heterocycles. The van der Waals surface area contributed by atoms with Crippen molar-refractivity contribution in [2.75, 3.05) is 7.11 Å². The van der Waals surface area contributed by atoms with Gasteiger partial charge >= 0.3 is 5.97 Å². The van der Waals surface area contributed by atoms with Gasteiger partial charge in [-0.3, -0.25) is 0 Å². The summed E-state index contributed by atoms with van der Waals surface area (Å²) in [7, 11) is 1.40. The van der Waals surface area contributed by atoms with Crippen LogP contribution in [0.15, 0.2) is 54.6 Å². The summed E-state index contributed by atoms with van der Waals surface area (Å²) in [5.74, 6) is -0.340. The summed E-state index contributed by atoms with van der Waals surface area (Å²) >= 11 is 0. The number of para-hydroxylation sites is 1. The minimum absolute atomic E-state index is 0.340. The molecule has 2 aromatic carbocycles. The third-order valence-electron chi connectivity index (χ3n) is 3.91. The molecule has 0 bridgehead atoms. The van der Waals surface area contributed by atoms with E-state index < -0.39 is 0 Å². The minimum Gasteiger partial charge on any atom is -0.465 e. The average Bonchev–Trinajstić information content (AvgIpc) is 2.61. The number of fused-ring (bicyclic) bond motifs is 1. The van der Waals surface area contributed by atoms with Gasteiger partial charge in [-0.25, -0.2) is 9.78 Å². The molecule has 0 N–H and O–H groups in total. The maximum Gasteiger partial charge on any atom is 0.338 e. The van der Waals surface area contributed by atoms with E-state index in [1.165, 1.54) is 12.7 Å². The number of rotatable bonds is 4. The van der Waals surface area contributed by atoms with Gasteiger partial charge in [0.1, 0.15) is 0 Å². The molecular formula is C20H19NO2. The summed E-state index contributed by atoms with van der Waals surface area (Å²) in [4.78, 5) is 16.8. The lowest BCUT2D eigenvalue weighted by atomic mass is 10.0. The van der Waals surface area contributed by atoms with E-state index in [4.69, 9.17) is 9.72 Å². The molecule has 0 unspecified atom stereocenters. The monoisotopic (exact) mass is 305 g/mol. The summed E-state index contributed by atoms with van der Waals surface area (Å²) in [6, 6.07) is 17.8. The predicted molar refractivity (Wildman–Crippen MR) is 92.5 cm³/mol. The van der Waals surface area contributed by atoms with E-state index in [-0.39, 0.29) is 5.97 Å². The normalized spacial score (nSPS) is 10.7. The second-order valence-electron chi connectivity index (χ2n) is 5.51. The zero-order valence-electron chi connectivity index (χ0n) is 13.4. The Bertz CT molecular complexity index is 838. The fourth-order valence-corrected chi connectivity index (χ4v) is 2.73. The number of ether oxygens (including phenoxy) is 1. The lowest BCUT2D eigenvalue weighted by Gasteiger charge is -2.09. The smallest absolute Gasteiger partial charge is 0.338 e. The minimum atomic E-state index is -0.340. The Hall–Kier alpha value is -2.68. The summed E-state index contributed by atoms with van der Waals surface area (Å²) in [6.07, 6.45) is 2.19. The van der Waals surface area contributed by atoms with Crippen LogP contribution in [0.1, 0.15) is 29.3 Å². The van der Waals surface area contributed by atoms with Crippen LogP contribution in [0, 0.1) is 0 Å². The van der Waals surface area contributed by atoms with Gasteiger partial charge in [-0.1, -0.05) is 55.8 Å². The SMILES string of the molecule is CCCc1ccc(-c2cc(C(=O)OC)c3ccccc3n2)cc1. The van der Waals surface area contributed by atoms with Gasteiger partial charge in [-0.2, -0.15) is 0 Å². The Kier molecular flexibility index (Phi) is 4.38. The second kappa shape index (κ2) is 6.61. The van der Waals surface area contributed by atoms with Crippen LogP contribution in [-0.4, -0.2) is 18.1 Å². The Morgan fingerprint density at radius 1 is 1.09 bits per heavy atom. The van der Waals surface area contributed by atoms with Gasteiger partial charge in [-0.05, 0) is 24.1 Å². The van der Waals surface area contributed by atoms with E-state index in [2.05, 4.69) is 31.2 Å². The summed E-state index contributed by atoms with van der Waals surface area (Å²) in [5, 5.41) is 0.811. The molecule has 116 valence electrons. The number of carbonyl (C=O) groups excluding carboxylic acids is 1. The first-order chi connectivity index (χ1) is 11.2. The molecule has 0 saturated carbocycles. The Balaban J connectivity index is 2.12. The van der Waals surface area contributed by atoms with Crippen LogP contribution < -0.4 is 0 Å². The van der Waals surface area contributed by atoms with Crippen molar-refractivity contribution in [1.82, 2.24) is 4.98 Å². The molecule has 0 aliphatic rings. The predicted octanol–water partition coefficient (Wildman–Crippen LogP) is 4.64. The lowest BCUT2D eigenvalue weighted by molar-refractivity contribution is 0.0603. The molecule has 3 aromatic rings. The summed E-state index contributed by atoms with van der Waals surface area (Å²) in [6.45, 7) is 2.17. The van der Waals surface area contributed by atoms with E-state index in [0.29, 0.717) is 5.56 Å². The van der Waals surface area contributed by atoms with Crippen molar-refractivity contribution in [3.63, 3.8) is 0 Å². The molecule has 0 radical (unpaired) electrons. The first kappa shape index (κ1) is 15.2. The van der Waals surface area contributed by atoms with Crippen LogP contribution in [0.2, 0.25) is 0 Å². The van der Waals surface area contributed by atoms with Crippen LogP contribution >= 0.6 is 0 Å². The van der Waals surface area contributed by atoms with Crippen molar-refractivity contribution >= 4 is 16.9 Å². The van der Waals surface area contributed by atoms with Crippen LogP contribution in [-0.2, 0) is 11.2 Å². The quantitative estimate of drug-likeness (QED) is 0.659. The van der Waals surface area contributed by atoms with Gasteiger partial charge in [0.05, 0.1) is 23.9 Å². The zero-order valence-corrected chi connectivity index (χ0v) is 13.4. The Morgan fingerprint density at radius 3 is 2.52 bits per heavy atom. The van der Waals surface area contributed by atoms with Crippen LogP contribution in [0.4, 0.5) is 0 Å². The number of hydrogen-bond acceptors (Lipinski definition) is 3. The number of hydrogen-bond donors (Lipinski definition) is 0. The standard InChI is InChI=1S/C20H19NO2/c1-3-6-14-9-11-15(12-10-14)19-13-17(20(22)23-2)16-7-4-5-8-18(16)21-19/h4-5,7-13H,3,6H2,1-2H3. The molecular weight excluding hydrogens is 286 g/mol. The zero-order chi connectivity index (χ0) is 16.2. The third kappa shape index (κ3) is 3.09. The van der Waals surface area contributed by atoms with Crippen molar-refractivity contribution in [1.29, 1.82) is 0 Å². The third-order valence-corrected chi connectivity index (χ3v) is 3.91. The fraction of sp³-hybridized carbons (Fsp3) is 0.200. The van der Waals surface area contributed by atoms with E-state index >= 15 is 0 Å². The van der Waals surface area contributed by atoms with Gasteiger partial charge in [0.15, 0.2) is 0 Å². The molecule has 0 fully saturated rings. The number of aromatic nitrogens is 1. The van der Waals surface area contributed by atoms with Gasteiger partial charge in [0.2, 0.25) is 0 Å². The Morgan fingerprint density at radius 2 is 1.83 bits per heavy atom. The highest BCUT2D eigenvalue weighted by atomic mass is 16.5. The summed E-state index contributed by atoms with van der Waals surface area (Å²) < 4.78 is 4.92. The molecule has 3 heteroatoms. The van der Waals surface area contributed by atoms with Crippen LogP contribution in [0.3, 0.4) is 0 Å². The highest BCUT2D eigenvalue weighted by Gasteiger charge is 2.14. The van der Waals surface area contributed by atoms with E-state index in [1.54, 1.807) is 0 Å². The molecule has 3 rings (SSSR count). The average molecular weight is 305 g/mol. The maximum absolute atomic E-state index is 12.1. The largest absolute Gasteiger partial charge is 0.465 e. The van der Waals surface area contributed by atoms with Crippen molar-refractivity contribution in [3.05, 3.63) is 65.7 Å². The molecule has 0 aliphatic heterocycles. The summed E-state index contributed by atoms with van der Waals surface area (Å²) in [5.41, 5.74) is 4.44. The lowest BCUT2D eigenvalue weighted by Crippen LogP contribution is -2.03. The van der Waals surface area contributed by atoms with Crippen LogP contribution in [0.5, 0.6) is 0 Å². The first-order valence-corrected chi connectivity index (χ1v) is 7.80. The number of methoxy groups -OCH3 is 1. The van der Waals surface area contributed by atoms with Gasteiger partial charge in [0, 0.05) is 10.9 Å². The van der Waals surface area contributed by atoms with Crippen molar-refractivity contribution in [3.8, 4) is 11.3 Å². The molecule has 1 aromatic heterocycles. The second-order valence-corrected chi connectivity index (χ2v) is 5.51. The van der Waals surface area contributed by atoms with Crippen molar-refractivity contribution in [2.45, 2.75) is 19.8 Å². The number of benzene rings is 2. The number of nitrogens with zero attached hydrogens (tertiary/aromatic N) is 1. The molecule has 3 nitrogen and oxygen atoms in total. The Labute approximate surface area is 135 Å². The van der Waals surface area contributed by atoms with Gasteiger partial charge in [-0.15, -0.1) is 0 Å². The fourth-order valence-electron chi connectivity index (χ4n) is 2.73. The number of pyridine rings is 1. The molecule has 1 heterocycles. The van der Waals surface area contributed by atoms with Gasteiger partial charge in [0.25, 0.3) is 0 Å². The van der Waals surface area contributed by atoms with Crippen molar-refractivity contribution in [2.24, 2.45) is 0 Å². The number of aryl methyl sites for hydroxylation is 1. The topological polar surface area (TPSA) is 39.2 Å². The molecule has 0 spiro atoms. The van der Waals surface area contributed by atoms with E-state index in [9.17, 15) is 4.79 Å². The van der Waals surface area contributed by atoms with Gasteiger partial charge < -0.3 is 4.74 Å². The van der Waals surface area contributed by atoms with E-state index in [0.717, 1.165) is 35.0 Å². The highest BCUT2D eigenvalue weighted by Crippen LogP contribution is 2.25. The van der Waals surface area contributed by atoms with E-state index in [1.807, 2.05) is 30.3 Å². The molecule has 0 amide bonds. The molecule has 0 aliphatic carbocycles. The molecule has 0 atom stereocenters. The highest BCUT2D eigenvalue weighted by molar-refractivity contribution is 6.04. The van der Waals surface area contributed by atoms with Crippen LogP contribution in [0.25, 0.3) is 22.2 Å². The number of esters is 1. The van der Waals surface area contributed by atoms with Crippen molar-refractivity contribution < 1.29 is 9.53 Å².